The fourth-order valence-corrected chi connectivity index (χ4v) is 2.86. The van der Waals surface area contributed by atoms with E-state index in [1.54, 1.807) is 0 Å². The SMILES string of the molecule is CCNC(=NCCCCOCCc1ccccc1)N(C)CC(=O)N(CC)CC. The molecular weight excluding hydrogens is 352 g/mol. The molecule has 0 radical (unpaired) electrons. The van der Waals surface area contributed by atoms with Crippen LogP contribution in [0.4, 0.5) is 0 Å². The summed E-state index contributed by atoms with van der Waals surface area (Å²) in [7, 11) is 1.91. The van der Waals surface area contributed by atoms with E-state index in [2.05, 4.69) is 34.6 Å². The first-order valence-corrected chi connectivity index (χ1v) is 10.5. The number of aliphatic imine (C=N–C) groups is 1. The average molecular weight is 391 g/mol. The van der Waals surface area contributed by atoms with Gasteiger partial charge in [-0.3, -0.25) is 9.79 Å². The average Bonchev–Trinajstić information content (AvgIpc) is 2.70. The summed E-state index contributed by atoms with van der Waals surface area (Å²) >= 11 is 0. The van der Waals surface area contributed by atoms with E-state index in [-0.39, 0.29) is 5.91 Å². The number of carbonyl (C=O) groups is 1. The highest BCUT2D eigenvalue weighted by Crippen LogP contribution is 2.01. The molecule has 0 bridgehead atoms. The van der Waals surface area contributed by atoms with Gasteiger partial charge >= 0.3 is 0 Å². The number of hydrogen-bond donors (Lipinski definition) is 1. The molecule has 0 atom stereocenters. The molecular formula is C22H38N4O2. The van der Waals surface area contributed by atoms with Crippen LogP contribution < -0.4 is 5.32 Å². The van der Waals surface area contributed by atoms with Crippen molar-refractivity contribution in [3.8, 4) is 0 Å². The number of nitrogens with zero attached hydrogens (tertiary/aromatic N) is 3. The highest BCUT2D eigenvalue weighted by Gasteiger charge is 2.14. The van der Waals surface area contributed by atoms with Gasteiger partial charge in [0.2, 0.25) is 5.91 Å². The largest absolute Gasteiger partial charge is 0.381 e. The standard InChI is InChI=1S/C22H38N4O2/c1-5-23-22(25(4)19-21(27)26(6-2)7-3)24-16-11-12-17-28-18-15-20-13-9-8-10-14-20/h8-10,13-14H,5-7,11-12,15-19H2,1-4H3,(H,23,24). The second-order valence-electron chi connectivity index (χ2n) is 6.71. The van der Waals surface area contributed by atoms with Crippen LogP contribution in [0, 0.1) is 0 Å². The maximum atomic E-state index is 12.3. The van der Waals surface area contributed by atoms with E-state index in [1.807, 2.05) is 43.7 Å². The van der Waals surface area contributed by atoms with Crippen LogP contribution in [-0.2, 0) is 16.0 Å². The monoisotopic (exact) mass is 390 g/mol. The third kappa shape index (κ3) is 9.74. The lowest BCUT2D eigenvalue weighted by Gasteiger charge is -2.25. The highest BCUT2D eigenvalue weighted by molar-refractivity contribution is 5.86. The minimum absolute atomic E-state index is 0.130. The van der Waals surface area contributed by atoms with E-state index >= 15 is 0 Å². The summed E-state index contributed by atoms with van der Waals surface area (Å²) in [6.07, 6.45) is 2.91. The first-order valence-electron chi connectivity index (χ1n) is 10.5. The van der Waals surface area contributed by atoms with Crippen LogP contribution in [0.2, 0.25) is 0 Å². The number of amides is 1. The number of carbonyl (C=O) groups excluding carboxylic acids is 1. The molecule has 0 heterocycles. The fourth-order valence-electron chi connectivity index (χ4n) is 2.86. The van der Waals surface area contributed by atoms with Crippen molar-refractivity contribution in [2.24, 2.45) is 4.99 Å². The van der Waals surface area contributed by atoms with Gasteiger partial charge in [0.15, 0.2) is 5.96 Å². The molecule has 158 valence electrons. The molecule has 1 N–H and O–H groups in total. The Bertz CT molecular complexity index is 559. The Morgan fingerprint density at radius 3 is 2.43 bits per heavy atom. The van der Waals surface area contributed by atoms with E-state index in [9.17, 15) is 4.79 Å². The smallest absolute Gasteiger partial charge is 0.242 e. The number of ether oxygens (including phenoxy) is 1. The van der Waals surface area contributed by atoms with Crippen molar-refractivity contribution in [1.82, 2.24) is 15.1 Å². The molecule has 28 heavy (non-hydrogen) atoms. The predicted octanol–water partition coefficient (Wildman–Crippen LogP) is 2.79. The molecule has 0 spiro atoms. The van der Waals surface area contributed by atoms with Gasteiger partial charge in [-0.05, 0) is 45.6 Å². The van der Waals surface area contributed by atoms with E-state index < -0.39 is 0 Å². The van der Waals surface area contributed by atoms with Crippen LogP contribution in [0.5, 0.6) is 0 Å². The molecule has 1 rings (SSSR count). The number of rotatable bonds is 13. The summed E-state index contributed by atoms with van der Waals surface area (Å²) in [5, 5.41) is 3.27. The van der Waals surface area contributed by atoms with Gasteiger partial charge in [0.25, 0.3) is 0 Å². The predicted molar refractivity (Wildman–Crippen MR) is 117 cm³/mol. The van der Waals surface area contributed by atoms with Crippen LogP contribution >= 0.6 is 0 Å². The molecule has 6 heteroatoms. The van der Waals surface area contributed by atoms with Crippen molar-refractivity contribution in [2.45, 2.75) is 40.0 Å². The highest BCUT2D eigenvalue weighted by atomic mass is 16.5. The Morgan fingerprint density at radius 2 is 1.79 bits per heavy atom. The van der Waals surface area contributed by atoms with Crippen molar-refractivity contribution >= 4 is 11.9 Å². The lowest BCUT2D eigenvalue weighted by molar-refractivity contribution is -0.131. The van der Waals surface area contributed by atoms with Crippen molar-refractivity contribution in [3.05, 3.63) is 35.9 Å². The number of guanidine groups is 1. The Hall–Kier alpha value is -2.08. The van der Waals surface area contributed by atoms with Crippen LogP contribution in [0.3, 0.4) is 0 Å². The van der Waals surface area contributed by atoms with E-state index in [4.69, 9.17) is 4.74 Å². The van der Waals surface area contributed by atoms with Gasteiger partial charge in [0.05, 0.1) is 13.2 Å². The van der Waals surface area contributed by atoms with Crippen molar-refractivity contribution in [1.29, 1.82) is 0 Å². The lowest BCUT2D eigenvalue weighted by Crippen LogP contribution is -2.45. The minimum atomic E-state index is 0.130. The number of nitrogens with one attached hydrogen (secondary N) is 1. The molecule has 1 amide bonds. The molecule has 1 aromatic carbocycles. The molecule has 0 aliphatic heterocycles. The third-order valence-electron chi connectivity index (χ3n) is 4.52. The number of likely N-dealkylation sites (N-methyl/N-ethyl adjacent to an activating group) is 2. The molecule has 1 aromatic rings. The van der Waals surface area contributed by atoms with E-state index in [0.717, 1.165) is 64.6 Å². The van der Waals surface area contributed by atoms with Crippen molar-refractivity contribution in [2.75, 3.05) is 53.0 Å². The maximum absolute atomic E-state index is 12.3. The number of benzene rings is 1. The second kappa shape index (κ2) is 14.9. The van der Waals surface area contributed by atoms with Gasteiger partial charge in [-0.25, -0.2) is 0 Å². The van der Waals surface area contributed by atoms with Crippen LogP contribution in [0.15, 0.2) is 35.3 Å². The van der Waals surface area contributed by atoms with Crippen molar-refractivity contribution < 1.29 is 9.53 Å². The normalized spacial score (nSPS) is 11.4. The van der Waals surface area contributed by atoms with E-state index in [0.29, 0.717) is 6.54 Å². The molecule has 0 aliphatic carbocycles. The van der Waals surface area contributed by atoms with Gasteiger partial charge in [-0.15, -0.1) is 0 Å². The topological polar surface area (TPSA) is 57.2 Å². The second-order valence-corrected chi connectivity index (χ2v) is 6.71. The zero-order chi connectivity index (χ0) is 20.6. The summed E-state index contributed by atoms with van der Waals surface area (Å²) in [5.74, 6) is 0.915. The molecule has 0 aromatic heterocycles. The Balaban J connectivity index is 2.26. The first-order chi connectivity index (χ1) is 13.6. The van der Waals surface area contributed by atoms with Gasteiger partial charge in [-0.1, -0.05) is 30.3 Å². The van der Waals surface area contributed by atoms with Gasteiger partial charge < -0.3 is 19.9 Å². The quantitative estimate of drug-likeness (QED) is 0.320. The Kier molecular flexibility index (Phi) is 12.8. The Morgan fingerprint density at radius 1 is 1.07 bits per heavy atom. The summed E-state index contributed by atoms with van der Waals surface area (Å²) in [5.41, 5.74) is 1.31. The van der Waals surface area contributed by atoms with Crippen molar-refractivity contribution in [3.63, 3.8) is 0 Å². The molecule has 0 saturated heterocycles. The maximum Gasteiger partial charge on any atom is 0.242 e. The third-order valence-corrected chi connectivity index (χ3v) is 4.52. The summed E-state index contributed by atoms with van der Waals surface area (Å²) < 4.78 is 5.72. The van der Waals surface area contributed by atoms with Gasteiger partial charge in [-0.2, -0.15) is 0 Å². The molecule has 6 nitrogen and oxygen atoms in total. The molecule has 0 aliphatic rings. The number of unbranched alkanes of at least 4 members (excludes halogenated alkanes) is 1. The number of hydrogen-bond acceptors (Lipinski definition) is 3. The molecule has 0 fully saturated rings. The minimum Gasteiger partial charge on any atom is -0.381 e. The zero-order valence-electron chi connectivity index (χ0n) is 18.1. The summed E-state index contributed by atoms with van der Waals surface area (Å²) in [6.45, 7) is 10.9. The van der Waals surface area contributed by atoms with Crippen LogP contribution in [-0.4, -0.2) is 74.7 Å². The summed E-state index contributed by atoms with van der Waals surface area (Å²) in [6, 6.07) is 10.4. The van der Waals surface area contributed by atoms with Crippen LogP contribution in [0.1, 0.15) is 39.2 Å². The first kappa shape index (κ1) is 24.0. The lowest BCUT2D eigenvalue weighted by atomic mass is 10.2. The fraction of sp³-hybridized carbons (Fsp3) is 0.636. The summed E-state index contributed by atoms with van der Waals surface area (Å²) in [4.78, 5) is 20.7. The zero-order valence-corrected chi connectivity index (χ0v) is 18.1. The van der Waals surface area contributed by atoms with Gasteiger partial charge in [0, 0.05) is 39.8 Å². The van der Waals surface area contributed by atoms with Crippen LogP contribution in [0.25, 0.3) is 0 Å². The molecule has 0 unspecified atom stereocenters. The van der Waals surface area contributed by atoms with E-state index in [1.165, 1.54) is 5.56 Å². The Labute approximate surface area is 171 Å². The molecule has 0 saturated carbocycles. The van der Waals surface area contributed by atoms with Gasteiger partial charge in [0.1, 0.15) is 0 Å².